The van der Waals surface area contributed by atoms with Gasteiger partial charge in [-0.1, -0.05) is 6.08 Å². The molecule has 0 aromatic carbocycles. The highest BCUT2D eigenvalue weighted by Gasteiger charge is 2.46. The molecule has 2 rings (SSSR count). The molecule has 0 bridgehead atoms. The monoisotopic (exact) mass is 167 g/mol. The minimum absolute atomic E-state index is 0.113. The third-order valence-electron chi connectivity index (χ3n) is 2.52. The van der Waals surface area contributed by atoms with Crippen molar-refractivity contribution < 1.29 is 9.53 Å². The largest absolute Gasteiger partial charge is 0.354 e. The van der Waals surface area contributed by atoms with E-state index >= 15 is 0 Å². The molecule has 1 fully saturated rings. The van der Waals surface area contributed by atoms with Crippen LogP contribution in [0.1, 0.15) is 20.8 Å². The van der Waals surface area contributed by atoms with E-state index in [0.29, 0.717) is 6.61 Å². The van der Waals surface area contributed by atoms with Gasteiger partial charge in [-0.25, -0.2) is 0 Å². The van der Waals surface area contributed by atoms with Crippen LogP contribution in [-0.4, -0.2) is 29.2 Å². The summed E-state index contributed by atoms with van der Waals surface area (Å²) in [7, 11) is 0. The number of ether oxygens (including phenoxy) is 1. The average molecular weight is 167 g/mol. The van der Waals surface area contributed by atoms with Gasteiger partial charge in [-0.3, -0.25) is 4.79 Å². The van der Waals surface area contributed by atoms with Crippen LogP contribution in [0.4, 0.5) is 0 Å². The number of nitrogens with zero attached hydrogens (tertiary/aromatic N) is 1. The van der Waals surface area contributed by atoms with Crippen molar-refractivity contribution >= 4 is 5.91 Å². The lowest BCUT2D eigenvalue weighted by atomic mass is 10.2. The standard InChI is InChI=1S/C9H13NO2/c1-6-4-7-5-12-9(2,3)10(7)8(6)11/h4,7H,5H2,1-3H3. The summed E-state index contributed by atoms with van der Waals surface area (Å²) < 4.78 is 5.49. The molecule has 1 amide bonds. The van der Waals surface area contributed by atoms with Crippen molar-refractivity contribution in [3.8, 4) is 0 Å². The summed E-state index contributed by atoms with van der Waals surface area (Å²) in [4.78, 5) is 13.4. The third-order valence-corrected chi connectivity index (χ3v) is 2.52. The van der Waals surface area contributed by atoms with Crippen LogP contribution in [0.15, 0.2) is 11.6 Å². The third kappa shape index (κ3) is 0.829. The van der Waals surface area contributed by atoms with Crippen molar-refractivity contribution in [3.63, 3.8) is 0 Å². The van der Waals surface area contributed by atoms with Gasteiger partial charge in [-0.05, 0) is 20.8 Å². The summed E-state index contributed by atoms with van der Waals surface area (Å²) >= 11 is 0. The van der Waals surface area contributed by atoms with Gasteiger partial charge in [0.2, 0.25) is 0 Å². The Balaban J connectivity index is 2.34. The highest BCUT2D eigenvalue weighted by Crippen LogP contribution is 2.33. The molecule has 0 spiro atoms. The second-order valence-corrected chi connectivity index (χ2v) is 3.85. The van der Waals surface area contributed by atoms with Gasteiger partial charge in [0.1, 0.15) is 5.72 Å². The maximum absolute atomic E-state index is 11.6. The van der Waals surface area contributed by atoms with Crippen LogP contribution in [0.25, 0.3) is 0 Å². The Morgan fingerprint density at radius 3 is 2.92 bits per heavy atom. The maximum atomic E-state index is 11.6. The zero-order valence-electron chi connectivity index (χ0n) is 7.63. The second kappa shape index (κ2) is 2.10. The van der Waals surface area contributed by atoms with Gasteiger partial charge in [0.05, 0.1) is 12.6 Å². The Hall–Kier alpha value is -0.830. The molecule has 0 radical (unpaired) electrons. The first kappa shape index (κ1) is 7.80. The Bertz CT molecular complexity index is 268. The second-order valence-electron chi connectivity index (χ2n) is 3.85. The van der Waals surface area contributed by atoms with E-state index in [1.807, 2.05) is 31.7 Å². The van der Waals surface area contributed by atoms with Crippen LogP contribution >= 0.6 is 0 Å². The molecule has 66 valence electrons. The fraction of sp³-hybridized carbons (Fsp3) is 0.667. The van der Waals surface area contributed by atoms with Crippen LogP contribution < -0.4 is 0 Å². The fourth-order valence-corrected chi connectivity index (χ4v) is 1.90. The van der Waals surface area contributed by atoms with E-state index in [9.17, 15) is 4.79 Å². The molecule has 2 aliphatic rings. The van der Waals surface area contributed by atoms with E-state index in [2.05, 4.69) is 0 Å². The van der Waals surface area contributed by atoms with E-state index in [4.69, 9.17) is 4.74 Å². The topological polar surface area (TPSA) is 29.5 Å². The summed E-state index contributed by atoms with van der Waals surface area (Å²) in [6.07, 6.45) is 1.98. The molecule has 2 heterocycles. The zero-order valence-corrected chi connectivity index (χ0v) is 7.63. The fourth-order valence-electron chi connectivity index (χ4n) is 1.90. The molecule has 3 heteroatoms. The molecule has 0 aromatic heterocycles. The average Bonchev–Trinajstić information content (AvgIpc) is 2.39. The summed E-state index contributed by atoms with van der Waals surface area (Å²) in [6, 6.07) is 0.174. The summed E-state index contributed by atoms with van der Waals surface area (Å²) in [5.41, 5.74) is 0.423. The van der Waals surface area contributed by atoms with Crippen LogP contribution in [0.2, 0.25) is 0 Å². The van der Waals surface area contributed by atoms with Crippen molar-refractivity contribution in [3.05, 3.63) is 11.6 Å². The van der Waals surface area contributed by atoms with E-state index in [-0.39, 0.29) is 11.9 Å². The van der Waals surface area contributed by atoms with Gasteiger partial charge >= 0.3 is 0 Å². The maximum Gasteiger partial charge on any atom is 0.252 e. The molecule has 2 aliphatic heterocycles. The number of carbonyl (C=O) groups is 1. The number of fused-ring (bicyclic) bond motifs is 1. The molecule has 0 aromatic rings. The molecular formula is C9H13NO2. The van der Waals surface area contributed by atoms with Crippen molar-refractivity contribution in [2.24, 2.45) is 0 Å². The molecule has 0 aliphatic carbocycles. The molecule has 1 unspecified atom stereocenters. The summed E-state index contributed by atoms with van der Waals surface area (Å²) in [6.45, 7) is 6.35. The predicted molar refractivity (Wildman–Crippen MR) is 44.4 cm³/mol. The molecule has 3 nitrogen and oxygen atoms in total. The summed E-state index contributed by atoms with van der Waals surface area (Å²) in [5, 5.41) is 0. The van der Waals surface area contributed by atoms with Gasteiger partial charge in [0.25, 0.3) is 5.91 Å². The Morgan fingerprint density at radius 2 is 2.33 bits per heavy atom. The first-order valence-corrected chi connectivity index (χ1v) is 4.18. The van der Waals surface area contributed by atoms with Crippen molar-refractivity contribution in [2.75, 3.05) is 6.61 Å². The predicted octanol–water partition coefficient (Wildman–Crippen LogP) is 0.910. The first-order chi connectivity index (χ1) is 5.52. The van der Waals surface area contributed by atoms with E-state index in [0.717, 1.165) is 5.57 Å². The molecule has 1 saturated heterocycles. The lowest BCUT2D eigenvalue weighted by molar-refractivity contribution is -0.139. The van der Waals surface area contributed by atoms with Gasteiger partial charge in [-0.15, -0.1) is 0 Å². The number of amides is 1. The van der Waals surface area contributed by atoms with Gasteiger partial charge in [0.15, 0.2) is 0 Å². The van der Waals surface area contributed by atoms with Crippen molar-refractivity contribution in [1.82, 2.24) is 4.90 Å². The van der Waals surface area contributed by atoms with Crippen LogP contribution in [0.5, 0.6) is 0 Å². The molecular weight excluding hydrogens is 154 g/mol. The molecule has 0 N–H and O–H groups in total. The van der Waals surface area contributed by atoms with E-state index in [1.165, 1.54) is 0 Å². The smallest absolute Gasteiger partial charge is 0.252 e. The highest BCUT2D eigenvalue weighted by molar-refractivity contribution is 5.96. The lowest BCUT2D eigenvalue weighted by Crippen LogP contribution is -2.44. The van der Waals surface area contributed by atoms with Crippen LogP contribution in [-0.2, 0) is 9.53 Å². The number of rotatable bonds is 0. The van der Waals surface area contributed by atoms with Crippen LogP contribution in [0, 0.1) is 0 Å². The van der Waals surface area contributed by atoms with Crippen molar-refractivity contribution in [1.29, 1.82) is 0 Å². The number of hydrogen-bond donors (Lipinski definition) is 0. The molecule has 12 heavy (non-hydrogen) atoms. The lowest BCUT2D eigenvalue weighted by Gasteiger charge is -2.29. The van der Waals surface area contributed by atoms with Crippen LogP contribution in [0.3, 0.4) is 0 Å². The van der Waals surface area contributed by atoms with E-state index < -0.39 is 5.72 Å². The van der Waals surface area contributed by atoms with Gasteiger partial charge in [0, 0.05) is 5.57 Å². The van der Waals surface area contributed by atoms with Gasteiger partial charge < -0.3 is 9.64 Å². The molecule has 1 atom stereocenters. The summed E-state index contributed by atoms with van der Waals surface area (Å²) in [5.74, 6) is 0.113. The Kier molecular flexibility index (Phi) is 1.37. The first-order valence-electron chi connectivity index (χ1n) is 4.18. The minimum Gasteiger partial charge on any atom is -0.354 e. The normalized spacial score (nSPS) is 32.2. The van der Waals surface area contributed by atoms with Gasteiger partial charge in [-0.2, -0.15) is 0 Å². The SMILES string of the molecule is CC1=CC2COC(C)(C)N2C1=O. The Labute approximate surface area is 72.0 Å². The van der Waals surface area contributed by atoms with Crippen molar-refractivity contribution in [2.45, 2.75) is 32.5 Å². The van der Waals surface area contributed by atoms with E-state index in [1.54, 1.807) is 0 Å². The molecule has 0 saturated carbocycles. The quantitative estimate of drug-likeness (QED) is 0.536. The minimum atomic E-state index is -0.421. The zero-order chi connectivity index (χ0) is 8.93. The number of hydrogen-bond acceptors (Lipinski definition) is 2. The number of carbonyl (C=O) groups excluding carboxylic acids is 1. The highest BCUT2D eigenvalue weighted by atomic mass is 16.5. The Morgan fingerprint density at radius 1 is 1.67 bits per heavy atom.